The predicted octanol–water partition coefficient (Wildman–Crippen LogP) is 5.18. The zero-order valence-corrected chi connectivity index (χ0v) is 20.3. The van der Waals surface area contributed by atoms with Crippen molar-refractivity contribution < 1.29 is 12.8 Å². The first-order chi connectivity index (χ1) is 16.3. The topological polar surface area (TPSA) is 59.4 Å². The van der Waals surface area contributed by atoms with Crippen LogP contribution in [0.15, 0.2) is 87.5 Å². The number of hydrogen-bond donors (Lipinski definition) is 0. The molecule has 0 aliphatic rings. The number of pyridine rings is 1. The van der Waals surface area contributed by atoms with E-state index in [-0.39, 0.29) is 15.2 Å². The van der Waals surface area contributed by atoms with E-state index in [0.29, 0.717) is 30.8 Å². The molecule has 5 nitrogen and oxygen atoms in total. The first kappa shape index (κ1) is 23.7. The van der Waals surface area contributed by atoms with E-state index in [1.54, 1.807) is 22.8 Å². The van der Waals surface area contributed by atoms with Gasteiger partial charge < -0.3 is 9.47 Å². The second-order valence-corrected chi connectivity index (χ2v) is 10.2. The van der Waals surface area contributed by atoms with E-state index in [1.807, 2.05) is 56.0 Å². The highest BCUT2D eigenvalue weighted by Crippen LogP contribution is 2.28. The van der Waals surface area contributed by atoms with Crippen LogP contribution in [-0.4, -0.2) is 26.1 Å². The molecule has 3 aromatic carbocycles. The Labute approximate surface area is 199 Å². The minimum absolute atomic E-state index is 0.0287. The van der Waals surface area contributed by atoms with Crippen molar-refractivity contribution in [2.24, 2.45) is 0 Å². The first-order valence-electron chi connectivity index (χ1n) is 11.2. The minimum atomic E-state index is -4.11. The normalized spacial score (nSPS) is 11.6. The van der Waals surface area contributed by atoms with Gasteiger partial charge in [0, 0.05) is 25.8 Å². The molecular formula is C27H27FN2O3S. The largest absolute Gasteiger partial charge is 0.370 e. The zero-order valence-electron chi connectivity index (χ0n) is 19.5. The number of hydrogen-bond acceptors (Lipinski definition) is 4. The van der Waals surface area contributed by atoms with Crippen LogP contribution in [0.3, 0.4) is 0 Å². The lowest BCUT2D eigenvalue weighted by molar-refractivity contribution is 0.593. The molecule has 0 aliphatic carbocycles. The summed E-state index contributed by atoms with van der Waals surface area (Å²) in [5, 5.41) is 0.0394. The molecule has 0 spiro atoms. The molecule has 7 heteroatoms. The summed E-state index contributed by atoms with van der Waals surface area (Å²) >= 11 is 0. The number of rotatable bonds is 7. The van der Waals surface area contributed by atoms with Crippen molar-refractivity contribution in [3.8, 4) is 0 Å². The van der Waals surface area contributed by atoms with Crippen molar-refractivity contribution in [3.05, 3.63) is 100 Å². The summed E-state index contributed by atoms with van der Waals surface area (Å²) in [7, 11) is -4.11. The van der Waals surface area contributed by atoms with Gasteiger partial charge in [-0.3, -0.25) is 4.79 Å². The third-order valence-corrected chi connectivity index (χ3v) is 7.80. The summed E-state index contributed by atoms with van der Waals surface area (Å²) in [6.07, 6.45) is 1.39. The van der Waals surface area contributed by atoms with Crippen LogP contribution in [0.5, 0.6) is 0 Å². The summed E-state index contributed by atoms with van der Waals surface area (Å²) in [5.41, 5.74) is 2.00. The molecule has 34 heavy (non-hydrogen) atoms. The number of halogens is 1. The van der Waals surface area contributed by atoms with Crippen molar-refractivity contribution in [1.82, 2.24) is 4.57 Å². The van der Waals surface area contributed by atoms with Crippen LogP contribution in [-0.2, 0) is 16.4 Å². The van der Waals surface area contributed by atoms with Crippen molar-refractivity contribution >= 4 is 26.4 Å². The van der Waals surface area contributed by atoms with Crippen LogP contribution >= 0.6 is 0 Å². The van der Waals surface area contributed by atoms with Gasteiger partial charge in [-0.1, -0.05) is 48.0 Å². The van der Waals surface area contributed by atoms with Crippen LogP contribution < -0.4 is 10.3 Å². The predicted molar refractivity (Wildman–Crippen MR) is 134 cm³/mol. The van der Waals surface area contributed by atoms with E-state index < -0.39 is 21.1 Å². The Kier molecular flexibility index (Phi) is 6.57. The molecule has 0 bridgehead atoms. The van der Waals surface area contributed by atoms with Gasteiger partial charge in [-0.2, -0.15) is 0 Å². The van der Waals surface area contributed by atoms with E-state index in [9.17, 15) is 13.2 Å². The highest BCUT2D eigenvalue weighted by Gasteiger charge is 2.25. The van der Waals surface area contributed by atoms with Crippen LogP contribution in [0.4, 0.5) is 10.1 Å². The molecule has 1 heterocycles. The first-order valence-corrected chi connectivity index (χ1v) is 12.7. The van der Waals surface area contributed by atoms with Gasteiger partial charge in [0.05, 0.1) is 21.5 Å². The van der Waals surface area contributed by atoms with Crippen LogP contribution in [0.1, 0.15) is 25.0 Å². The Morgan fingerprint density at radius 1 is 0.941 bits per heavy atom. The maximum atomic E-state index is 15.1. The van der Waals surface area contributed by atoms with E-state index in [4.69, 9.17) is 0 Å². The fraction of sp³-hybridized carbons (Fsp3) is 0.222. The summed E-state index contributed by atoms with van der Waals surface area (Å²) in [6.45, 7) is 7.25. The van der Waals surface area contributed by atoms with Gasteiger partial charge >= 0.3 is 0 Å². The lowest BCUT2D eigenvalue weighted by Crippen LogP contribution is -2.24. The highest BCUT2D eigenvalue weighted by atomic mass is 32.2. The molecule has 1 aromatic heterocycles. The van der Waals surface area contributed by atoms with Gasteiger partial charge in [0.2, 0.25) is 15.3 Å². The molecule has 0 saturated heterocycles. The fourth-order valence-corrected chi connectivity index (χ4v) is 5.49. The van der Waals surface area contributed by atoms with Gasteiger partial charge in [-0.15, -0.1) is 0 Å². The lowest BCUT2D eigenvalue weighted by atomic mass is 10.1. The molecule has 0 amide bonds. The third-order valence-electron chi connectivity index (χ3n) is 6.04. The number of aryl methyl sites for hydroxylation is 1. The minimum Gasteiger partial charge on any atom is -0.370 e. The second kappa shape index (κ2) is 9.43. The fourth-order valence-electron chi connectivity index (χ4n) is 4.13. The van der Waals surface area contributed by atoms with Crippen molar-refractivity contribution in [1.29, 1.82) is 0 Å². The Morgan fingerprint density at radius 3 is 2.21 bits per heavy atom. The van der Waals surface area contributed by atoms with Crippen molar-refractivity contribution in [2.45, 2.75) is 37.1 Å². The number of sulfone groups is 1. The van der Waals surface area contributed by atoms with E-state index in [0.717, 1.165) is 11.1 Å². The number of aromatic nitrogens is 1. The smallest absolute Gasteiger partial charge is 0.211 e. The standard InChI is InChI=1S/C27H27FN2O3S/c1-4-29(5-2)25-16-24-22(15-23(25)28)27(31)26(18-30(24)17-20-9-7-6-8-10-20)34(32,33)21-13-11-19(3)12-14-21/h6-16,18H,4-5,17H2,1-3H3. The monoisotopic (exact) mass is 478 g/mol. The molecule has 0 fully saturated rings. The Balaban J connectivity index is 2.01. The van der Waals surface area contributed by atoms with Gasteiger partial charge in [0.1, 0.15) is 10.7 Å². The average molecular weight is 479 g/mol. The van der Waals surface area contributed by atoms with E-state index in [2.05, 4.69) is 0 Å². The maximum Gasteiger partial charge on any atom is 0.211 e. The molecule has 0 unspecified atom stereocenters. The van der Waals surface area contributed by atoms with Gasteiger partial charge in [0.25, 0.3) is 0 Å². The molecule has 0 saturated carbocycles. The summed E-state index contributed by atoms with van der Waals surface area (Å²) in [5.74, 6) is -0.551. The summed E-state index contributed by atoms with van der Waals surface area (Å²) in [6, 6.07) is 18.7. The average Bonchev–Trinajstić information content (AvgIpc) is 2.83. The van der Waals surface area contributed by atoms with E-state index in [1.165, 1.54) is 24.4 Å². The number of nitrogens with zero attached hydrogens (tertiary/aromatic N) is 2. The van der Waals surface area contributed by atoms with Gasteiger partial charge in [-0.05, 0) is 50.6 Å². The molecule has 0 atom stereocenters. The van der Waals surface area contributed by atoms with Crippen molar-refractivity contribution in [3.63, 3.8) is 0 Å². The SMILES string of the molecule is CCN(CC)c1cc2c(cc1F)c(=O)c(S(=O)(=O)c1ccc(C)cc1)cn2Cc1ccccc1. The Hall–Kier alpha value is -3.45. The summed E-state index contributed by atoms with van der Waals surface area (Å²) in [4.78, 5) is 14.9. The second-order valence-electron chi connectivity index (χ2n) is 8.25. The summed E-state index contributed by atoms with van der Waals surface area (Å²) < 4.78 is 43.8. The lowest BCUT2D eigenvalue weighted by Gasteiger charge is -2.23. The van der Waals surface area contributed by atoms with Crippen LogP contribution in [0, 0.1) is 12.7 Å². The number of fused-ring (bicyclic) bond motifs is 1. The molecule has 4 aromatic rings. The van der Waals surface area contributed by atoms with Crippen LogP contribution in [0.2, 0.25) is 0 Å². The quantitative estimate of drug-likeness (QED) is 0.367. The molecule has 4 rings (SSSR count). The highest BCUT2D eigenvalue weighted by molar-refractivity contribution is 7.91. The van der Waals surface area contributed by atoms with Crippen LogP contribution in [0.25, 0.3) is 10.9 Å². The van der Waals surface area contributed by atoms with E-state index >= 15 is 4.39 Å². The van der Waals surface area contributed by atoms with Crippen molar-refractivity contribution in [2.75, 3.05) is 18.0 Å². The Bertz CT molecular complexity index is 1490. The maximum absolute atomic E-state index is 15.1. The number of benzene rings is 3. The Morgan fingerprint density at radius 2 is 1.59 bits per heavy atom. The molecule has 176 valence electrons. The molecule has 0 N–H and O–H groups in total. The third kappa shape index (κ3) is 4.35. The molecule has 0 radical (unpaired) electrons. The van der Waals surface area contributed by atoms with Gasteiger partial charge in [-0.25, -0.2) is 12.8 Å². The molecule has 0 aliphatic heterocycles. The zero-order chi connectivity index (χ0) is 24.5. The molecular weight excluding hydrogens is 451 g/mol. The number of anilines is 1. The van der Waals surface area contributed by atoms with Gasteiger partial charge in [0.15, 0.2) is 0 Å².